The third-order valence-electron chi connectivity index (χ3n) is 4.85. The smallest absolute Gasteiger partial charge is 0.338 e. The van der Waals surface area contributed by atoms with Crippen LogP contribution in [-0.2, 0) is 9.53 Å². The molecule has 0 amide bonds. The average molecular weight is 461 g/mol. The van der Waals surface area contributed by atoms with Gasteiger partial charge in [0.05, 0.1) is 39.7 Å². The summed E-state index contributed by atoms with van der Waals surface area (Å²) in [6, 6.07) is 11.8. The summed E-state index contributed by atoms with van der Waals surface area (Å²) >= 11 is 13.8. The zero-order valence-corrected chi connectivity index (χ0v) is 18.6. The maximum Gasteiger partial charge on any atom is 0.338 e. The Bertz CT molecular complexity index is 1110. The van der Waals surface area contributed by atoms with Gasteiger partial charge in [-0.1, -0.05) is 53.2 Å². The summed E-state index contributed by atoms with van der Waals surface area (Å²) in [7, 11) is 0. The first-order valence-corrected chi connectivity index (χ1v) is 10.9. The normalized spacial score (nSPS) is 18.1. The van der Waals surface area contributed by atoms with E-state index in [0.717, 1.165) is 22.0 Å². The number of rotatable bonds is 4. The second kappa shape index (κ2) is 8.38. The highest BCUT2D eigenvalue weighted by Gasteiger charge is 2.41. The van der Waals surface area contributed by atoms with Gasteiger partial charge in [-0.2, -0.15) is 0 Å². The summed E-state index contributed by atoms with van der Waals surface area (Å²) in [5, 5.41) is 13.4. The van der Waals surface area contributed by atoms with E-state index >= 15 is 0 Å². The molecule has 0 spiro atoms. The van der Waals surface area contributed by atoms with Gasteiger partial charge < -0.3 is 14.7 Å². The van der Waals surface area contributed by atoms with Crippen LogP contribution < -0.4 is 0 Å². The summed E-state index contributed by atoms with van der Waals surface area (Å²) < 4.78 is 5.34. The van der Waals surface area contributed by atoms with Crippen LogP contribution in [0.15, 0.2) is 64.1 Å². The monoisotopic (exact) mass is 460 g/mol. The number of thioether (sulfide) groups is 1. The third kappa shape index (κ3) is 3.71. The number of esters is 1. The fourth-order valence-corrected chi connectivity index (χ4v) is 4.76. The summed E-state index contributed by atoms with van der Waals surface area (Å²) in [6.45, 7) is 3.84. The number of hydrogen-bond acceptors (Lipinski definition) is 6. The van der Waals surface area contributed by atoms with Crippen molar-refractivity contribution in [2.45, 2.75) is 19.9 Å². The lowest BCUT2D eigenvalue weighted by Gasteiger charge is -2.36. The first-order chi connectivity index (χ1) is 14.4. The Morgan fingerprint density at radius 1 is 1.20 bits per heavy atom. The standard InChI is InChI=1S/C22H18Cl2N2O3S/c1-3-29-21(28)19-12(2)25-22-26(20(19)13-4-7-15(27)8-5-13)18(11-30-22)14-6-9-16(23)17(24)10-14/h4-11,20,27H,3H2,1-2H3. The number of benzene rings is 2. The number of phenols is 1. The SMILES string of the molecule is CCOC(=O)C1=C(C)N=C2SC=C(c3ccc(Cl)c(Cl)c3)N2C1c1ccc(O)cc1. The molecule has 2 aliphatic rings. The molecule has 30 heavy (non-hydrogen) atoms. The Labute approximate surface area is 188 Å². The molecule has 1 atom stereocenters. The summed E-state index contributed by atoms with van der Waals surface area (Å²) in [6.07, 6.45) is 0. The second-order valence-electron chi connectivity index (χ2n) is 6.73. The van der Waals surface area contributed by atoms with Crippen LogP contribution in [0.4, 0.5) is 0 Å². The number of hydrogen-bond donors (Lipinski definition) is 1. The van der Waals surface area contributed by atoms with Gasteiger partial charge in [0.1, 0.15) is 5.75 Å². The number of aromatic hydroxyl groups is 1. The summed E-state index contributed by atoms with van der Waals surface area (Å²) in [5.41, 5.74) is 3.60. The van der Waals surface area contributed by atoms with Gasteiger partial charge in [-0.15, -0.1) is 0 Å². The van der Waals surface area contributed by atoms with Crippen molar-refractivity contribution in [2.24, 2.45) is 4.99 Å². The minimum atomic E-state index is -0.465. The van der Waals surface area contributed by atoms with E-state index in [1.807, 2.05) is 23.3 Å². The van der Waals surface area contributed by atoms with Crippen LogP contribution in [0, 0.1) is 0 Å². The molecule has 8 heteroatoms. The van der Waals surface area contributed by atoms with Crippen molar-refractivity contribution < 1.29 is 14.6 Å². The maximum atomic E-state index is 12.9. The van der Waals surface area contributed by atoms with Crippen LogP contribution in [-0.4, -0.2) is 27.8 Å². The van der Waals surface area contributed by atoms with E-state index in [1.165, 1.54) is 11.8 Å². The third-order valence-corrected chi connectivity index (χ3v) is 6.42. The van der Waals surface area contributed by atoms with E-state index in [2.05, 4.69) is 4.99 Å². The zero-order valence-electron chi connectivity index (χ0n) is 16.2. The number of allylic oxidation sites excluding steroid dienone is 1. The molecule has 0 fully saturated rings. The van der Waals surface area contributed by atoms with Gasteiger partial charge in [-0.05, 0) is 43.7 Å². The number of halogens is 2. The number of carbonyl (C=O) groups is 1. The summed E-state index contributed by atoms with van der Waals surface area (Å²) in [5.74, 6) is -0.265. The van der Waals surface area contributed by atoms with Crippen LogP contribution in [0.3, 0.4) is 0 Å². The molecule has 1 N–H and O–H groups in total. The predicted octanol–water partition coefficient (Wildman–Crippen LogP) is 5.99. The molecule has 0 aromatic heterocycles. The fourth-order valence-electron chi connectivity index (χ4n) is 3.49. The first kappa shape index (κ1) is 20.8. The van der Waals surface area contributed by atoms with Crippen molar-refractivity contribution in [3.05, 3.63) is 80.3 Å². The van der Waals surface area contributed by atoms with Gasteiger partial charge in [0.15, 0.2) is 5.17 Å². The maximum absolute atomic E-state index is 12.9. The topological polar surface area (TPSA) is 62.1 Å². The number of nitrogens with zero attached hydrogens (tertiary/aromatic N) is 2. The highest BCUT2D eigenvalue weighted by atomic mass is 35.5. The quantitative estimate of drug-likeness (QED) is 0.567. The number of aliphatic imine (C=N–C) groups is 1. The van der Waals surface area contributed by atoms with Crippen molar-refractivity contribution in [2.75, 3.05) is 6.61 Å². The number of carbonyl (C=O) groups excluding carboxylic acids is 1. The molecule has 2 aliphatic heterocycles. The van der Waals surface area contributed by atoms with Crippen molar-refractivity contribution in [1.29, 1.82) is 0 Å². The number of ether oxygens (including phenoxy) is 1. The number of phenolic OH excluding ortho intramolecular Hbond substituents is 1. The Hall–Kier alpha value is -2.41. The molecule has 4 rings (SSSR count). The van der Waals surface area contributed by atoms with Crippen molar-refractivity contribution in [3.8, 4) is 5.75 Å². The predicted molar refractivity (Wildman–Crippen MR) is 121 cm³/mol. The second-order valence-corrected chi connectivity index (χ2v) is 8.38. The molecule has 2 heterocycles. The highest BCUT2D eigenvalue weighted by molar-refractivity contribution is 8.16. The van der Waals surface area contributed by atoms with Gasteiger partial charge in [0.2, 0.25) is 0 Å². The largest absolute Gasteiger partial charge is 0.508 e. The van der Waals surface area contributed by atoms with Gasteiger partial charge in [-0.25, -0.2) is 9.79 Å². The molecule has 0 bridgehead atoms. The van der Waals surface area contributed by atoms with Crippen LogP contribution >= 0.6 is 35.0 Å². The van der Waals surface area contributed by atoms with Crippen LogP contribution in [0.25, 0.3) is 5.70 Å². The molecular weight excluding hydrogens is 443 g/mol. The molecule has 0 aliphatic carbocycles. The molecule has 0 radical (unpaired) electrons. The van der Waals surface area contributed by atoms with Crippen molar-refractivity contribution in [3.63, 3.8) is 0 Å². The molecule has 5 nitrogen and oxygen atoms in total. The van der Waals surface area contributed by atoms with E-state index in [-0.39, 0.29) is 12.4 Å². The number of fused-ring (bicyclic) bond motifs is 1. The molecule has 2 aromatic carbocycles. The van der Waals surface area contributed by atoms with E-state index in [9.17, 15) is 9.90 Å². The Kier molecular flexibility index (Phi) is 5.82. The zero-order chi connectivity index (χ0) is 21.4. The Balaban J connectivity index is 1.86. The van der Waals surface area contributed by atoms with Crippen LogP contribution in [0.5, 0.6) is 5.75 Å². The van der Waals surface area contributed by atoms with Crippen LogP contribution in [0.1, 0.15) is 31.0 Å². The van der Waals surface area contributed by atoms with Gasteiger partial charge >= 0.3 is 5.97 Å². The first-order valence-electron chi connectivity index (χ1n) is 9.27. The number of amidine groups is 1. The highest BCUT2D eigenvalue weighted by Crippen LogP contribution is 2.47. The lowest BCUT2D eigenvalue weighted by molar-refractivity contribution is -0.139. The van der Waals surface area contributed by atoms with E-state index in [0.29, 0.717) is 21.3 Å². The van der Waals surface area contributed by atoms with E-state index < -0.39 is 12.0 Å². The Morgan fingerprint density at radius 3 is 2.60 bits per heavy atom. The van der Waals surface area contributed by atoms with E-state index in [4.69, 9.17) is 27.9 Å². The summed E-state index contributed by atoms with van der Waals surface area (Å²) in [4.78, 5) is 19.6. The molecule has 1 unspecified atom stereocenters. The average Bonchev–Trinajstić information content (AvgIpc) is 3.13. The van der Waals surface area contributed by atoms with Crippen molar-refractivity contribution >= 4 is 51.8 Å². The lowest BCUT2D eigenvalue weighted by atomic mass is 9.93. The molecule has 0 saturated heterocycles. The molecular formula is C22H18Cl2N2O3S. The lowest BCUT2D eigenvalue weighted by Crippen LogP contribution is -2.36. The van der Waals surface area contributed by atoms with Crippen LogP contribution in [0.2, 0.25) is 10.0 Å². The minimum Gasteiger partial charge on any atom is -0.508 e. The van der Waals surface area contributed by atoms with Gasteiger partial charge in [0, 0.05) is 11.0 Å². The minimum absolute atomic E-state index is 0.151. The molecule has 2 aromatic rings. The van der Waals surface area contributed by atoms with Gasteiger partial charge in [-0.3, -0.25) is 0 Å². The van der Waals surface area contributed by atoms with Gasteiger partial charge in [0.25, 0.3) is 0 Å². The van der Waals surface area contributed by atoms with E-state index in [1.54, 1.807) is 43.3 Å². The fraction of sp³-hybridized carbons (Fsp3) is 0.182. The molecule has 0 saturated carbocycles. The van der Waals surface area contributed by atoms with Crippen molar-refractivity contribution in [1.82, 2.24) is 4.90 Å². The Morgan fingerprint density at radius 2 is 1.93 bits per heavy atom. The molecule has 154 valence electrons.